The summed E-state index contributed by atoms with van der Waals surface area (Å²) in [6.07, 6.45) is -1.30. The lowest BCUT2D eigenvalue weighted by Gasteiger charge is -2.30. The molecule has 0 radical (unpaired) electrons. The van der Waals surface area contributed by atoms with Gasteiger partial charge in [0, 0.05) is 42.9 Å². The van der Waals surface area contributed by atoms with Crippen molar-refractivity contribution in [2.75, 3.05) is 53.7 Å². The first-order chi connectivity index (χ1) is 19.2. The summed E-state index contributed by atoms with van der Waals surface area (Å²) in [7, 11) is 3.23. The number of rotatable bonds is 17. The van der Waals surface area contributed by atoms with E-state index in [1.807, 2.05) is 24.3 Å². The maximum atomic E-state index is 10.7. The first kappa shape index (κ1) is 19.1. The van der Waals surface area contributed by atoms with Gasteiger partial charge in [-0.15, -0.1) is 0 Å². The van der Waals surface area contributed by atoms with Crippen LogP contribution in [0.5, 0.6) is 11.5 Å². The second kappa shape index (κ2) is 15.7. The molecule has 2 unspecified atom stereocenters. The summed E-state index contributed by atoms with van der Waals surface area (Å²) >= 11 is 0. The Labute approximate surface area is 214 Å². The molecule has 2 aromatic rings. The molecule has 7 heteroatoms. The molecule has 0 heterocycles. The third kappa shape index (κ3) is 10.8. The maximum Gasteiger partial charge on any atom is 0.119 e. The smallest absolute Gasteiger partial charge is 0.119 e. The van der Waals surface area contributed by atoms with Gasteiger partial charge < -0.3 is 29.2 Å². The number of hydrogen-bond donors (Lipinski definition) is 2. The van der Waals surface area contributed by atoms with Gasteiger partial charge in [0.2, 0.25) is 0 Å². The molecule has 34 heavy (non-hydrogen) atoms. The molecule has 0 saturated heterocycles. The Hall–Kier alpha value is -2.16. The van der Waals surface area contributed by atoms with E-state index in [9.17, 15) is 10.2 Å². The van der Waals surface area contributed by atoms with Gasteiger partial charge in [0.25, 0.3) is 0 Å². The largest absolute Gasteiger partial charge is 0.491 e. The lowest BCUT2D eigenvalue weighted by molar-refractivity contribution is 0.0196. The van der Waals surface area contributed by atoms with E-state index in [1.165, 1.54) is 0 Å². The fourth-order valence-electron chi connectivity index (χ4n) is 3.20. The van der Waals surface area contributed by atoms with Crippen molar-refractivity contribution in [2.24, 2.45) is 0 Å². The summed E-state index contributed by atoms with van der Waals surface area (Å²) in [4.78, 5) is 0.761. The molecule has 190 valence electrons. The molecule has 0 aromatic heterocycles. The highest BCUT2D eigenvalue weighted by molar-refractivity contribution is 5.28. The van der Waals surface area contributed by atoms with E-state index in [4.69, 9.17) is 28.5 Å². The van der Waals surface area contributed by atoms with Crippen LogP contribution in [0.15, 0.2) is 48.5 Å². The van der Waals surface area contributed by atoms with E-state index in [2.05, 4.69) is 0 Å². The van der Waals surface area contributed by atoms with Gasteiger partial charge in [0.15, 0.2) is 0 Å². The van der Waals surface area contributed by atoms with E-state index in [1.54, 1.807) is 38.5 Å². The van der Waals surface area contributed by atoms with E-state index in [0.29, 0.717) is 24.7 Å². The zero-order chi connectivity index (χ0) is 30.7. The molecular formula is C27H41NO6. The minimum Gasteiger partial charge on any atom is -0.491 e. The van der Waals surface area contributed by atoms with Gasteiger partial charge in [-0.3, -0.25) is 4.90 Å². The molecule has 2 atom stereocenters. The lowest BCUT2D eigenvalue weighted by atomic mass is 10.1. The Morgan fingerprint density at radius 1 is 0.765 bits per heavy atom. The minimum atomic E-state index is -3.30. The molecular weight excluding hydrogens is 434 g/mol. The van der Waals surface area contributed by atoms with Crippen molar-refractivity contribution in [3.8, 4) is 11.5 Å². The first-order valence-corrected chi connectivity index (χ1v) is 11.2. The highest BCUT2D eigenvalue weighted by Gasteiger charge is 2.19. The summed E-state index contributed by atoms with van der Waals surface area (Å²) in [5, 5.41) is 21.4. The molecule has 0 spiro atoms. The Morgan fingerprint density at radius 2 is 1.18 bits per heavy atom. The van der Waals surface area contributed by atoms with E-state index in [0.717, 1.165) is 28.9 Å². The standard InChI is InChI=1S/C27H41NO6/c1-21(2)28(17-24(29)19-33-26-9-5-22(6-10-26)13-15-31-3)18-25(30)20-34-27-11-7-23(8-12-27)14-16-32-4/h5-12,21,24-25,29-30H,13-20H2,1-4H3/i1D3,2D3,21D. The summed E-state index contributed by atoms with van der Waals surface area (Å²) in [5.41, 5.74) is 2.05. The number of nitrogens with zero attached hydrogens (tertiary/aromatic N) is 1. The number of hydrogen-bond acceptors (Lipinski definition) is 7. The fraction of sp³-hybridized carbons (Fsp3) is 0.556. The van der Waals surface area contributed by atoms with Gasteiger partial charge in [-0.1, -0.05) is 24.3 Å². The molecule has 0 amide bonds. The van der Waals surface area contributed by atoms with Gasteiger partial charge in [-0.2, -0.15) is 0 Å². The van der Waals surface area contributed by atoms with Crippen LogP contribution in [0.25, 0.3) is 0 Å². The van der Waals surface area contributed by atoms with Gasteiger partial charge >= 0.3 is 0 Å². The number of aliphatic hydroxyl groups is 2. The van der Waals surface area contributed by atoms with Crippen LogP contribution in [0.3, 0.4) is 0 Å². The molecule has 0 aliphatic carbocycles. The summed E-state index contributed by atoms with van der Waals surface area (Å²) in [5.74, 6) is 0.893. The molecule has 0 saturated carbocycles. The molecule has 7 nitrogen and oxygen atoms in total. The van der Waals surface area contributed by atoms with Crippen LogP contribution in [0.4, 0.5) is 0 Å². The van der Waals surface area contributed by atoms with Crippen LogP contribution in [-0.4, -0.2) is 87.1 Å². The van der Waals surface area contributed by atoms with Crippen LogP contribution in [0.1, 0.15) is 34.4 Å². The Kier molecular flexibility index (Phi) is 8.80. The summed E-state index contributed by atoms with van der Waals surface area (Å²) < 4.78 is 77.1. The van der Waals surface area contributed by atoms with Crippen LogP contribution in [0, 0.1) is 0 Å². The highest BCUT2D eigenvalue weighted by Crippen LogP contribution is 2.15. The van der Waals surface area contributed by atoms with Crippen LogP contribution < -0.4 is 9.47 Å². The third-order valence-corrected chi connectivity index (χ3v) is 5.10. The van der Waals surface area contributed by atoms with Gasteiger partial charge in [0.1, 0.15) is 36.9 Å². The van der Waals surface area contributed by atoms with Crippen LogP contribution in [-0.2, 0) is 22.3 Å². The van der Waals surface area contributed by atoms with Gasteiger partial charge in [-0.25, -0.2) is 0 Å². The molecule has 0 aliphatic heterocycles. The second-order valence-electron chi connectivity index (χ2n) is 7.96. The van der Waals surface area contributed by atoms with Crippen molar-refractivity contribution >= 4 is 0 Å². The van der Waals surface area contributed by atoms with Gasteiger partial charge in [0.05, 0.1) is 13.2 Å². The average Bonchev–Trinajstić information content (AvgIpc) is 2.91. The zero-order valence-corrected chi connectivity index (χ0v) is 19.9. The van der Waals surface area contributed by atoms with Crippen molar-refractivity contribution < 1.29 is 38.8 Å². The van der Waals surface area contributed by atoms with Gasteiger partial charge in [-0.05, 0) is 61.9 Å². The van der Waals surface area contributed by atoms with Crippen LogP contribution >= 0.6 is 0 Å². The lowest BCUT2D eigenvalue weighted by Crippen LogP contribution is -2.45. The van der Waals surface area contributed by atoms with E-state index in [-0.39, 0.29) is 13.2 Å². The molecule has 2 N–H and O–H groups in total. The Morgan fingerprint density at radius 3 is 1.53 bits per heavy atom. The van der Waals surface area contributed by atoms with Crippen molar-refractivity contribution in [1.29, 1.82) is 0 Å². The maximum absolute atomic E-state index is 10.7. The fourth-order valence-corrected chi connectivity index (χ4v) is 3.20. The predicted octanol–water partition coefficient (Wildman–Crippen LogP) is 2.95. The number of methoxy groups -OCH3 is 2. The number of benzene rings is 2. The monoisotopic (exact) mass is 482 g/mol. The molecule has 2 rings (SSSR count). The summed E-state index contributed by atoms with van der Waals surface area (Å²) in [6, 6.07) is 11.1. The third-order valence-electron chi connectivity index (χ3n) is 5.10. The molecule has 0 bridgehead atoms. The first-order valence-electron chi connectivity index (χ1n) is 14.7. The van der Waals surface area contributed by atoms with Crippen molar-refractivity contribution in [2.45, 2.75) is 44.8 Å². The quantitative estimate of drug-likeness (QED) is 0.359. The molecule has 0 fully saturated rings. The van der Waals surface area contributed by atoms with Crippen LogP contribution in [0.2, 0.25) is 0 Å². The highest BCUT2D eigenvalue weighted by atomic mass is 16.5. The number of aliphatic hydroxyl groups excluding tert-OH is 2. The predicted molar refractivity (Wildman–Crippen MR) is 134 cm³/mol. The SMILES string of the molecule is [2H]C([2H])([2H])C([2H])(N(CC(O)COc1ccc(CCOC)cc1)CC(O)COc1ccc(CCOC)cc1)C([2H])([2H])[2H]. The van der Waals surface area contributed by atoms with Crippen molar-refractivity contribution in [1.82, 2.24) is 4.90 Å². The number of ether oxygens (including phenoxy) is 4. The minimum absolute atomic E-state index is 0.298. The summed E-state index contributed by atoms with van der Waals surface area (Å²) in [6.45, 7) is -7.18. The zero-order valence-electron chi connectivity index (χ0n) is 26.9. The second-order valence-corrected chi connectivity index (χ2v) is 7.96. The van der Waals surface area contributed by atoms with E-state index >= 15 is 0 Å². The average molecular weight is 483 g/mol. The van der Waals surface area contributed by atoms with Crippen molar-refractivity contribution in [3.05, 3.63) is 59.7 Å². The molecule has 0 aliphatic rings. The Balaban J connectivity index is 2.10. The topological polar surface area (TPSA) is 80.6 Å². The normalized spacial score (nSPS) is 17.4. The van der Waals surface area contributed by atoms with Crippen molar-refractivity contribution in [3.63, 3.8) is 0 Å². The Bertz CT molecular complexity index is 941. The molecule has 2 aromatic carbocycles. The van der Waals surface area contributed by atoms with E-state index < -0.39 is 45.0 Å².